The number of rotatable bonds is 5. The highest BCUT2D eigenvalue weighted by atomic mass is 16.6. The van der Waals surface area contributed by atoms with E-state index in [0.29, 0.717) is 25.6 Å². The third kappa shape index (κ3) is 4.04. The first-order chi connectivity index (χ1) is 18.3. The molecule has 1 saturated carbocycles. The van der Waals surface area contributed by atoms with Gasteiger partial charge in [-0.3, -0.25) is 14.6 Å². The summed E-state index contributed by atoms with van der Waals surface area (Å²) in [5.41, 5.74) is 1.47. The molecule has 3 fully saturated rings. The maximum Gasteiger partial charge on any atom is 0.311 e. The molecular formula is C32H40N2O4. The zero-order valence-corrected chi connectivity index (χ0v) is 22.5. The van der Waals surface area contributed by atoms with E-state index in [9.17, 15) is 15.0 Å². The van der Waals surface area contributed by atoms with E-state index in [1.807, 2.05) is 60.7 Å². The lowest BCUT2D eigenvalue weighted by Crippen LogP contribution is -2.58. The van der Waals surface area contributed by atoms with E-state index >= 15 is 0 Å². The van der Waals surface area contributed by atoms with E-state index in [1.165, 1.54) is 5.57 Å². The average Bonchev–Trinajstić information content (AvgIpc) is 3.26. The van der Waals surface area contributed by atoms with Crippen LogP contribution < -0.4 is 0 Å². The van der Waals surface area contributed by atoms with Crippen LogP contribution >= 0.6 is 0 Å². The zero-order chi connectivity index (χ0) is 26.5. The lowest BCUT2D eigenvalue weighted by atomic mass is 9.55. The molecule has 2 aliphatic carbocycles. The summed E-state index contributed by atoms with van der Waals surface area (Å²) in [6, 6.07) is 19.7. The molecule has 2 aromatic carbocycles. The van der Waals surface area contributed by atoms with Gasteiger partial charge >= 0.3 is 5.97 Å². The van der Waals surface area contributed by atoms with Crippen LogP contribution in [-0.4, -0.2) is 70.9 Å². The summed E-state index contributed by atoms with van der Waals surface area (Å²) in [6.45, 7) is 7.82. The van der Waals surface area contributed by atoms with Crippen molar-refractivity contribution in [2.45, 2.75) is 51.0 Å². The van der Waals surface area contributed by atoms with E-state index in [1.54, 1.807) is 0 Å². The number of carbonyl (C=O) groups is 1. The van der Waals surface area contributed by atoms with Crippen LogP contribution in [0, 0.1) is 23.2 Å². The zero-order valence-electron chi connectivity index (χ0n) is 22.5. The maximum atomic E-state index is 13.1. The highest BCUT2D eigenvalue weighted by Gasteiger charge is 2.60. The lowest BCUT2D eigenvalue weighted by molar-refractivity contribution is -0.145. The number of carbonyl (C=O) groups excluding carboxylic acids is 1. The van der Waals surface area contributed by atoms with Gasteiger partial charge < -0.3 is 14.9 Å². The number of nitrogens with zero attached hydrogens (tertiary/aromatic N) is 2. The first kappa shape index (κ1) is 25.8. The summed E-state index contributed by atoms with van der Waals surface area (Å²) in [5.74, 6) is -0.279. The standard InChI is InChI=1S/C32H40N2O4/c1-22-10-9-15-25-20-27-28(29(35)31(22,25)2)26(30(36)38-27)21-33-16-18-34(19-17-33)32(37,23-11-5-3-6-12-23)24-13-7-4-8-14-24/h3-8,11-15,22,26-29,35,37H,9-10,16-21H2,1-2H3/t22-,26+,27-,28-,29+,31-/m1/s1. The largest absolute Gasteiger partial charge is 0.461 e. The third-order valence-corrected chi connectivity index (χ3v) is 10.2. The number of piperazine rings is 1. The minimum atomic E-state index is -1.22. The predicted molar refractivity (Wildman–Crippen MR) is 146 cm³/mol. The number of aliphatic hydroxyl groups excluding tert-OH is 1. The molecule has 0 amide bonds. The fourth-order valence-electron chi connectivity index (χ4n) is 7.68. The maximum absolute atomic E-state index is 13.1. The minimum absolute atomic E-state index is 0.165. The molecular weight excluding hydrogens is 476 g/mol. The van der Waals surface area contributed by atoms with Crippen LogP contribution in [0.1, 0.15) is 44.2 Å². The Labute approximate surface area is 225 Å². The first-order valence-electron chi connectivity index (χ1n) is 14.2. The summed E-state index contributed by atoms with van der Waals surface area (Å²) in [6.07, 6.45) is 4.33. The molecule has 2 saturated heterocycles. The predicted octanol–water partition coefficient (Wildman–Crippen LogP) is 3.78. The van der Waals surface area contributed by atoms with Gasteiger partial charge in [-0.2, -0.15) is 0 Å². The van der Waals surface area contributed by atoms with Crippen LogP contribution in [0.2, 0.25) is 0 Å². The fourth-order valence-corrected chi connectivity index (χ4v) is 7.68. The van der Waals surface area contributed by atoms with E-state index in [-0.39, 0.29) is 29.3 Å². The van der Waals surface area contributed by atoms with Crippen molar-refractivity contribution in [1.82, 2.24) is 9.80 Å². The van der Waals surface area contributed by atoms with Crippen molar-refractivity contribution in [3.8, 4) is 0 Å². The molecule has 0 aromatic heterocycles. The van der Waals surface area contributed by atoms with Gasteiger partial charge in [-0.05, 0) is 18.8 Å². The molecule has 4 aliphatic rings. The highest BCUT2D eigenvalue weighted by Crippen LogP contribution is 2.56. The Morgan fingerprint density at radius 1 is 1.00 bits per heavy atom. The third-order valence-electron chi connectivity index (χ3n) is 10.2. The van der Waals surface area contributed by atoms with Crippen molar-refractivity contribution in [2.75, 3.05) is 32.7 Å². The molecule has 2 aromatic rings. The van der Waals surface area contributed by atoms with Gasteiger partial charge in [0.15, 0.2) is 5.72 Å². The molecule has 0 bridgehead atoms. The summed E-state index contributed by atoms with van der Waals surface area (Å²) in [4.78, 5) is 17.6. The van der Waals surface area contributed by atoms with Crippen LogP contribution in [0.5, 0.6) is 0 Å². The smallest absolute Gasteiger partial charge is 0.311 e. The van der Waals surface area contributed by atoms with Crippen molar-refractivity contribution in [1.29, 1.82) is 0 Å². The molecule has 202 valence electrons. The van der Waals surface area contributed by atoms with E-state index < -0.39 is 11.8 Å². The Balaban J connectivity index is 1.18. The quantitative estimate of drug-likeness (QED) is 0.466. The fraction of sp³-hybridized carbons (Fsp3) is 0.531. The number of benzene rings is 2. The molecule has 2 aliphatic heterocycles. The number of esters is 1. The van der Waals surface area contributed by atoms with Crippen LogP contribution in [-0.2, 0) is 15.3 Å². The molecule has 2 heterocycles. The van der Waals surface area contributed by atoms with Gasteiger partial charge in [-0.15, -0.1) is 0 Å². The van der Waals surface area contributed by atoms with Crippen LogP contribution in [0.4, 0.5) is 0 Å². The average molecular weight is 517 g/mol. The Morgan fingerprint density at radius 2 is 1.61 bits per heavy atom. The van der Waals surface area contributed by atoms with Crippen molar-refractivity contribution < 1.29 is 19.7 Å². The van der Waals surface area contributed by atoms with Crippen LogP contribution in [0.3, 0.4) is 0 Å². The molecule has 0 unspecified atom stereocenters. The topological polar surface area (TPSA) is 73.2 Å². The minimum Gasteiger partial charge on any atom is -0.461 e. The van der Waals surface area contributed by atoms with Gasteiger partial charge in [0, 0.05) is 61.6 Å². The molecule has 38 heavy (non-hydrogen) atoms. The van der Waals surface area contributed by atoms with Crippen molar-refractivity contribution in [3.05, 3.63) is 83.4 Å². The number of allylic oxidation sites excluding steroid dienone is 1. The van der Waals surface area contributed by atoms with Gasteiger partial charge in [-0.25, -0.2) is 0 Å². The van der Waals surface area contributed by atoms with E-state index in [0.717, 1.165) is 43.5 Å². The van der Waals surface area contributed by atoms with Gasteiger partial charge in [0.1, 0.15) is 6.10 Å². The second kappa shape index (κ2) is 9.91. The molecule has 0 spiro atoms. The van der Waals surface area contributed by atoms with Crippen molar-refractivity contribution >= 4 is 5.97 Å². The highest BCUT2D eigenvalue weighted by molar-refractivity contribution is 5.76. The molecule has 0 radical (unpaired) electrons. The molecule has 6 atom stereocenters. The lowest BCUT2D eigenvalue weighted by Gasteiger charge is -2.52. The van der Waals surface area contributed by atoms with Gasteiger partial charge in [0.05, 0.1) is 12.0 Å². The summed E-state index contributed by atoms with van der Waals surface area (Å²) in [5, 5.41) is 23.8. The summed E-state index contributed by atoms with van der Waals surface area (Å²) in [7, 11) is 0. The normalized spacial score (nSPS) is 34.3. The Bertz CT molecular complexity index is 1140. The SMILES string of the molecule is C[C@@H]1CCC=C2C[C@H]3OC(=O)[C@@H](CN4CCN(C(O)(c5ccccc5)c5ccccc5)CC4)[C@H]3[C@H](O)[C@@]21C. The Hall–Kier alpha value is -2.51. The molecule has 6 heteroatoms. The van der Waals surface area contributed by atoms with Crippen LogP contribution in [0.15, 0.2) is 72.3 Å². The number of ether oxygens (including phenoxy) is 1. The van der Waals surface area contributed by atoms with Gasteiger partial charge in [0.2, 0.25) is 0 Å². The number of aliphatic hydroxyl groups is 2. The van der Waals surface area contributed by atoms with Gasteiger partial charge in [-0.1, -0.05) is 86.2 Å². The summed E-state index contributed by atoms with van der Waals surface area (Å²) >= 11 is 0. The second-order valence-corrected chi connectivity index (χ2v) is 12.0. The molecule has 6 rings (SSSR count). The van der Waals surface area contributed by atoms with Crippen molar-refractivity contribution in [2.24, 2.45) is 23.2 Å². The first-order valence-corrected chi connectivity index (χ1v) is 14.2. The summed E-state index contributed by atoms with van der Waals surface area (Å²) < 4.78 is 5.89. The van der Waals surface area contributed by atoms with E-state index in [4.69, 9.17) is 4.74 Å². The van der Waals surface area contributed by atoms with Crippen LogP contribution in [0.25, 0.3) is 0 Å². The Morgan fingerprint density at radius 3 is 2.21 bits per heavy atom. The second-order valence-electron chi connectivity index (χ2n) is 12.0. The van der Waals surface area contributed by atoms with Crippen molar-refractivity contribution in [3.63, 3.8) is 0 Å². The molecule has 6 nitrogen and oxygen atoms in total. The monoisotopic (exact) mass is 516 g/mol. The number of hydrogen-bond donors (Lipinski definition) is 2. The number of fused-ring (bicyclic) bond motifs is 2. The number of hydrogen-bond acceptors (Lipinski definition) is 6. The Kier molecular flexibility index (Phi) is 6.71. The van der Waals surface area contributed by atoms with E-state index in [2.05, 4.69) is 29.7 Å². The van der Waals surface area contributed by atoms with Gasteiger partial charge in [0.25, 0.3) is 0 Å². The molecule has 2 N–H and O–H groups in total.